The van der Waals surface area contributed by atoms with Gasteiger partial charge in [0.15, 0.2) is 0 Å². The first-order valence-corrected chi connectivity index (χ1v) is 4.36. The molecular formula is C10H14N. The Morgan fingerprint density at radius 3 is 3.27 bits per heavy atom. The lowest BCUT2D eigenvalue weighted by molar-refractivity contribution is 0.347. The molecule has 1 nitrogen and oxygen atoms in total. The molecule has 1 saturated heterocycles. The summed E-state index contributed by atoms with van der Waals surface area (Å²) in [5, 5.41) is 4.41. The number of allylic oxidation sites excluding steroid dienone is 3. The summed E-state index contributed by atoms with van der Waals surface area (Å²) in [4.78, 5) is 0. The molecular weight excluding hydrogens is 134 g/mol. The highest BCUT2D eigenvalue weighted by atomic mass is 14.9. The van der Waals surface area contributed by atoms with Crippen molar-refractivity contribution in [2.45, 2.75) is 13.3 Å². The minimum Gasteiger partial charge on any atom is -0.241 e. The van der Waals surface area contributed by atoms with Crippen molar-refractivity contribution in [3.8, 4) is 0 Å². The number of piperidine rings is 1. The van der Waals surface area contributed by atoms with Crippen LogP contribution in [0.5, 0.6) is 0 Å². The van der Waals surface area contributed by atoms with Crippen LogP contribution >= 0.6 is 0 Å². The summed E-state index contributed by atoms with van der Waals surface area (Å²) >= 11 is 0. The van der Waals surface area contributed by atoms with Gasteiger partial charge in [-0.25, -0.2) is 5.32 Å². The van der Waals surface area contributed by atoms with E-state index >= 15 is 0 Å². The second-order valence-corrected chi connectivity index (χ2v) is 3.52. The van der Waals surface area contributed by atoms with Crippen LogP contribution in [0.15, 0.2) is 23.8 Å². The third kappa shape index (κ3) is 1.38. The van der Waals surface area contributed by atoms with E-state index in [0.29, 0.717) is 5.92 Å². The summed E-state index contributed by atoms with van der Waals surface area (Å²) in [5.41, 5.74) is 1.42. The van der Waals surface area contributed by atoms with E-state index in [4.69, 9.17) is 0 Å². The fourth-order valence-electron chi connectivity index (χ4n) is 1.91. The molecule has 0 N–H and O–H groups in total. The van der Waals surface area contributed by atoms with E-state index in [2.05, 4.69) is 30.5 Å². The fourth-order valence-corrected chi connectivity index (χ4v) is 1.91. The van der Waals surface area contributed by atoms with Crippen molar-refractivity contribution in [2.75, 3.05) is 13.1 Å². The van der Waals surface area contributed by atoms with Gasteiger partial charge in [-0.1, -0.05) is 23.8 Å². The Labute approximate surface area is 68.2 Å². The number of fused-ring (bicyclic) bond motifs is 1. The van der Waals surface area contributed by atoms with E-state index in [1.165, 1.54) is 12.0 Å². The van der Waals surface area contributed by atoms with Gasteiger partial charge in [-0.2, -0.15) is 0 Å². The highest BCUT2D eigenvalue weighted by Gasteiger charge is 2.23. The molecule has 0 spiro atoms. The largest absolute Gasteiger partial charge is 0.241 e. The van der Waals surface area contributed by atoms with Gasteiger partial charge in [-0.3, -0.25) is 0 Å². The quantitative estimate of drug-likeness (QED) is 0.497. The normalized spacial score (nSPS) is 36.3. The van der Waals surface area contributed by atoms with Gasteiger partial charge >= 0.3 is 0 Å². The Bertz CT molecular complexity index is 203. The third-order valence-electron chi connectivity index (χ3n) is 2.59. The predicted molar refractivity (Wildman–Crippen MR) is 46.4 cm³/mol. The highest BCUT2D eigenvalue weighted by Crippen LogP contribution is 2.27. The zero-order chi connectivity index (χ0) is 7.68. The molecule has 1 aliphatic carbocycles. The maximum Gasteiger partial charge on any atom is 0.0202 e. The summed E-state index contributed by atoms with van der Waals surface area (Å²) in [7, 11) is 0. The maximum absolute atomic E-state index is 4.41. The smallest absolute Gasteiger partial charge is 0.0202 e. The summed E-state index contributed by atoms with van der Waals surface area (Å²) in [6.45, 7) is 4.29. The minimum atomic E-state index is 0.715. The van der Waals surface area contributed by atoms with Crippen molar-refractivity contribution >= 4 is 0 Å². The van der Waals surface area contributed by atoms with Crippen LogP contribution in [0.1, 0.15) is 13.3 Å². The predicted octanol–water partition coefficient (Wildman–Crippen LogP) is 1.74. The van der Waals surface area contributed by atoms with E-state index < -0.39 is 0 Å². The highest BCUT2D eigenvalue weighted by molar-refractivity contribution is 5.24. The molecule has 1 aliphatic heterocycles. The van der Waals surface area contributed by atoms with Crippen molar-refractivity contribution in [3.05, 3.63) is 23.8 Å². The fraction of sp³-hybridized carbons (Fsp3) is 0.600. The average molecular weight is 148 g/mol. The van der Waals surface area contributed by atoms with Gasteiger partial charge in [0.2, 0.25) is 0 Å². The van der Waals surface area contributed by atoms with Gasteiger partial charge < -0.3 is 0 Å². The van der Waals surface area contributed by atoms with E-state index in [-0.39, 0.29) is 0 Å². The summed E-state index contributed by atoms with van der Waals surface area (Å²) in [6.07, 6.45) is 8.20. The Kier molecular flexibility index (Phi) is 1.82. The second kappa shape index (κ2) is 2.82. The molecule has 1 radical (unpaired) electrons. The molecule has 0 aromatic rings. The lowest BCUT2D eigenvalue weighted by Gasteiger charge is -2.29. The summed E-state index contributed by atoms with van der Waals surface area (Å²) < 4.78 is 0. The second-order valence-electron chi connectivity index (χ2n) is 3.52. The molecule has 2 unspecified atom stereocenters. The van der Waals surface area contributed by atoms with Crippen molar-refractivity contribution in [1.29, 1.82) is 0 Å². The summed E-state index contributed by atoms with van der Waals surface area (Å²) in [5.74, 6) is 1.50. The standard InChI is InChI=1S/C10H14N/c1-8-2-3-10-7-11-5-4-9(10)6-8/h2-3,6,9-10H,4-5,7H2,1H3. The van der Waals surface area contributed by atoms with Crippen LogP contribution in [-0.2, 0) is 0 Å². The monoisotopic (exact) mass is 148 g/mol. The van der Waals surface area contributed by atoms with Gasteiger partial charge in [0.25, 0.3) is 0 Å². The zero-order valence-corrected chi connectivity index (χ0v) is 6.96. The topological polar surface area (TPSA) is 14.1 Å². The van der Waals surface area contributed by atoms with E-state index in [0.717, 1.165) is 19.0 Å². The van der Waals surface area contributed by atoms with Gasteiger partial charge in [-0.05, 0) is 25.2 Å². The first kappa shape index (κ1) is 7.11. The Morgan fingerprint density at radius 1 is 1.45 bits per heavy atom. The van der Waals surface area contributed by atoms with Crippen LogP contribution in [0, 0.1) is 11.8 Å². The van der Waals surface area contributed by atoms with Crippen LogP contribution in [0.25, 0.3) is 0 Å². The third-order valence-corrected chi connectivity index (χ3v) is 2.59. The Morgan fingerprint density at radius 2 is 2.36 bits per heavy atom. The van der Waals surface area contributed by atoms with Crippen LogP contribution in [0.3, 0.4) is 0 Å². The molecule has 59 valence electrons. The van der Waals surface area contributed by atoms with Gasteiger partial charge in [0.05, 0.1) is 0 Å². The molecule has 0 saturated carbocycles. The molecule has 1 fully saturated rings. The molecule has 1 heteroatoms. The molecule has 2 aliphatic rings. The Hall–Kier alpha value is -0.560. The molecule has 2 rings (SSSR count). The van der Waals surface area contributed by atoms with Crippen LogP contribution in [0.2, 0.25) is 0 Å². The number of hydrogen-bond donors (Lipinski definition) is 0. The number of hydrogen-bond acceptors (Lipinski definition) is 0. The van der Waals surface area contributed by atoms with Crippen molar-refractivity contribution in [2.24, 2.45) is 11.8 Å². The van der Waals surface area contributed by atoms with Crippen molar-refractivity contribution in [3.63, 3.8) is 0 Å². The molecule has 0 bridgehead atoms. The van der Waals surface area contributed by atoms with E-state index in [9.17, 15) is 0 Å². The lowest BCUT2D eigenvalue weighted by atomic mass is 9.82. The first-order chi connectivity index (χ1) is 5.36. The van der Waals surface area contributed by atoms with Crippen LogP contribution < -0.4 is 5.32 Å². The van der Waals surface area contributed by atoms with Crippen molar-refractivity contribution in [1.82, 2.24) is 5.32 Å². The zero-order valence-electron chi connectivity index (χ0n) is 6.96. The number of nitrogens with zero attached hydrogens (tertiary/aromatic N) is 1. The number of rotatable bonds is 0. The van der Waals surface area contributed by atoms with Crippen LogP contribution in [0.4, 0.5) is 0 Å². The minimum absolute atomic E-state index is 0.715. The van der Waals surface area contributed by atoms with E-state index in [1.807, 2.05) is 0 Å². The average Bonchev–Trinajstić information content (AvgIpc) is 2.04. The molecule has 1 heterocycles. The van der Waals surface area contributed by atoms with E-state index in [1.54, 1.807) is 0 Å². The van der Waals surface area contributed by atoms with Gasteiger partial charge in [-0.15, -0.1) is 0 Å². The summed E-state index contributed by atoms with van der Waals surface area (Å²) in [6, 6.07) is 0. The van der Waals surface area contributed by atoms with Gasteiger partial charge in [0.1, 0.15) is 0 Å². The first-order valence-electron chi connectivity index (χ1n) is 4.36. The molecule has 0 aromatic heterocycles. The molecule has 0 aromatic carbocycles. The molecule has 0 amide bonds. The van der Waals surface area contributed by atoms with Crippen molar-refractivity contribution < 1.29 is 0 Å². The Balaban J connectivity index is 2.13. The molecule has 11 heavy (non-hydrogen) atoms. The van der Waals surface area contributed by atoms with Gasteiger partial charge in [0, 0.05) is 13.1 Å². The molecule has 2 atom stereocenters. The maximum atomic E-state index is 4.41. The lowest BCUT2D eigenvalue weighted by Crippen LogP contribution is -2.31. The SMILES string of the molecule is CC1=CC2CC[N]CC2C=C1. The van der Waals surface area contributed by atoms with Crippen LogP contribution in [-0.4, -0.2) is 13.1 Å².